The first-order valence-corrected chi connectivity index (χ1v) is 20.2. The first-order valence-electron chi connectivity index (χ1n) is 18.7. The Bertz CT molecular complexity index is 928. The molecule has 0 heterocycles. The van der Waals surface area contributed by atoms with Crippen molar-refractivity contribution in [3.63, 3.8) is 0 Å². The smallest absolute Gasteiger partial charge is 0.462 e. The number of esters is 2. The monoisotopic (exact) mass is 700 g/mol. The highest BCUT2D eigenvalue weighted by atomic mass is 31.2. The molecule has 0 saturated heterocycles. The number of unbranched alkanes of at least 4 members (excludes halogenated alkanes) is 13. The van der Waals surface area contributed by atoms with Crippen LogP contribution in [0.3, 0.4) is 0 Å². The Morgan fingerprint density at radius 2 is 1.19 bits per heavy atom. The molecule has 280 valence electrons. The van der Waals surface area contributed by atoms with Gasteiger partial charge in [0.2, 0.25) is 0 Å². The van der Waals surface area contributed by atoms with Gasteiger partial charge in [-0.2, -0.15) is 0 Å². The third kappa shape index (κ3) is 34.1. The maximum absolute atomic E-state index is 12.6. The zero-order chi connectivity index (χ0) is 35.8. The minimum Gasteiger partial charge on any atom is -0.462 e. The van der Waals surface area contributed by atoms with Gasteiger partial charge in [-0.1, -0.05) is 121 Å². The van der Waals surface area contributed by atoms with Crippen LogP contribution in [0.2, 0.25) is 0 Å². The number of ether oxygens (including phenoxy) is 2. The fourth-order valence-corrected chi connectivity index (χ4v) is 5.47. The molecule has 2 unspecified atom stereocenters. The van der Waals surface area contributed by atoms with E-state index in [2.05, 4.69) is 50.3 Å². The summed E-state index contributed by atoms with van der Waals surface area (Å²) in [6.07, 6.45) is 32.0. The zero-order valence-electron chi connectivity index (χ0n) is 31.2. The van der Waals surface area contributed by atoms with Gasteiger partial charge in [0.05, 0.1) is 27.7 Å². The van der Waals surface area contributed by atoms with Crippen molar-refractivity contribution in [3.8, 4) is 0 Å². The van der Waals surface area contributed by atoms with Gasteiger partial charge in [0.15, 0.2) is 6.10 Å². The van der Waals surface area contributed by atoms with E-state index in [1.165, 1.54) is 51.4 Å². The van der Waals surface area contributed by atoms with E-state index in [0.29, 0.717) is 17.4 Å². The number of hydrogen-bond acceptors (Lipinski definition) is 7. The summed E-state index contributed by atoms with van der Waals surface area (Å²) in [5.41, 5.74) is 0. The minimum atomic E-state index is -4.37. The minimum absolute atomic E-state index is 0.0260. The molecule has 0 amide bonds. The lowest BCUT2D eigenvalue weighted by atomic mass is 10.1. The van der Waals surface area contributed by atoms with Crippen molar-refractivity contribution < 1.29 is 42.1 Å². The third-order valence-corrected chi connectivity index (χ3v) is 8.67. The average molecular weight is 701 g/mol. The van der Waals surface area contributed by atoms with Crippen LogP contribution in [0.25, 0.3) is 0 Å². The maximum atomic E-state index is 12.6. The van der Waals surface area contributed by atoms with Gasteiger partial charge in [-0.3, -0.25) is 18.6 Å². The molecule has 10 heteroatoms. The first kappa shape index (κ1) is 46.2. The van der Waals surface area contributed by atoms with Crippen molar-refractivity contribution in [1.82, 2.24) is 0 Å². The first-order chi connectivity index (χ1) is 23.0. The van der Waals surface area contributed by atoms with Crippen LogP contribution in [0.4, 0.5) is 0 Å². The number of hydrogen-bond donors (Lipinski definition) is 1. The number of nitrogens with zero attached hydrogens (tertiary/aromatic N) is 1. The predicted molar refractivity (Wildman–Crippen MR) is 197 cm³/mol. The summed E-state index contributed by atoms with van der Waals surface area (Å²) in [5.74, 6) is -0.836. The van der Waals surface area contributed by atoms with Crippen LogP contribution in [-0.4, -0.2) is 74.9 Å². The van der Waals surface area contributed by atoms with Crippen LogP contribution in [0.15, 0.2) is 36.5 Å². The number of allylic oxidation sites excluding steroid dienone is 6. The van der Waals surface area contributed by atoms with Crippen LogP contribution in [0.1, 0.15) is 142 Å². The molecule has 0 saturated carbocycles. The van der Waals surface area contributed by atoms with Gasteiger partial charge in [0.25, 0.3) is 0 Å². The highest BCUT2D eigenvalue weighted by Crippen LogP contribution is 2.43. The van der Waals surface area contributed by atoms with Gasteiger partial charge < -0.3 is 18.9 Å². The molecule has 0 aliphatic heterocycles. The van der Waals surface area contributed by atoms with Gasteiger partial charge in [0.1, 0.15) is 19.8 Å². The number of carbonyl (C=O) groups is 2. The normalized spacial score (nSPS) is 14.2. The number of rotatable bonds is 33. The van der Waals surface area contributed by atoms with Crippen molar-refractivity contribution in [2.75, 3.05) is 47.5 Å². The molecule has 0 rings (SSSR count). The topological polar surface area (TPSA) is 108 Å². The summed E-state index contributed by atoms with van der Waals surface area (Å²) in [7, 11) is 1.45. The molecule has 1 N–H and O–H groups in total. The average Bonchev–Trinajstić information content (AvgIpc) is 3.02. The van der Waals surface area contributed by atoms with Crippen molar-refractivity contribution in [3.05, 3.63) is 36.5 Å². The van der Waals surface area contributed by atoms with E-state index >= 15 is 0 Å². The summed E-state index contributed by atoms with van der Waals surface area (Å²) in [6.45, 7) is 4.24. The maximum Gasteiger partial charge on any atom is 0.472 e. The lowest BCUT2D eigenvalue weighted by Crippen LogP contribution is -2.37. The highest BCUT2D eigenvalue weighted by molar-refractivity contribution is 7.47. The van der Waals surface area contributed by atoms with Gasteiger partial charge in [-0.05, 0) is 44.9 Å². The summed E-state index contributed by atoms with van der Waals surface area (Å²) < 4.78 is 34.1. The Balaban J connectivity index is 4.51. The van der Waals surface area contributed by atoms with Gasteiger partial charge in [-0.15, -0.1) is 0 Å². The molecule has 0 bridgehead atoms. The number of likely N-dealkylation sites (N-methyl/N-ethyl adjacent to an activating group) is 1. The molecule has 0 aliphatic rings. The van der Waals surface area contributed by atoms with E-state index < -0.39 is 26.5 Å². The van der Waals surface area contributed by atoms with Gasteiger partial charge in [-0.25, -0.2) is 4.57 Å². The van der Waals surface area contributed by atoms with Crippen molar-refractivity contribution in [2.45, 2.75) is 148 Å². The van der Waals surface area contributed by atoms with E-state index in [1.54, 1.807) is 0 Å². The van der Waals surface area contributed by atoms with Crippen molar-refractivity contribution in [2.24, 2.45) is 0 Å². The number of phosphoric ester groups is 1. The van der Waals surface area contributed by atoms with E-state index in [1.807, 2.05) is 21.1 Å². The summed E-state index contributed by atoms with van der Waals surface area (Å²) >= 11 is 0. The van der Waals surface area contributed by atoms with E-state index in [9.17, 15) is 19.0 Å². The molecule has 2 atom stereocenters. The van der Waals surface area contributed by atoms with Crippen molar-refractivity contribution in [1.29, 1.82) is 0 Å². The molecular weight excluding hydrogens is 629 g/mol. The second kappa shape index (κ2) is 31.2. The molecule has 9 nitrogen and oxygen atoms in total. The van der Waals surface area contributed by atoms with Gasteiger partial charge in [0, 0.05) is 12.8 Å². The fraction of sp³-hybridized carbons (Fsp3) is 0.789. The number of quaternary nitrogens is 1. The largest absolute Gasteiger partial charge is 0.472 e. The van der Waals surface area contributed by atoms with Crippen LogP contribution >= 0.6 is 7.82 Å². The molecule has 0 aliphatic carbocycles. The molecule has 0 spiro atoms. The second-order valence-corrected chi connectivity index (χ2v) is 15.0. The number of carbonyl (C=O) groups excluding carboxylic acids is 2. The third-order valence-electron chi connectivity index (χ3n) is 7.68. The quantitative estimate of drug-likeness (QED) is 0.0237. The number of phosphoric acid groups is 1. The Labute approximate surface area is 293 Å². The Hall–Kier alpha value is -1.77. The molecule has 0 radical (unpaired) electrons. The van der Waals surface area contributed by atoms with Gasteiger partial charge >= 0.3 is 19.8 Å². The van der Waals surface area contributed by atoms with E-state index in [-0.39, 0.29) is 32.0 Å². The molecule has 48 heavy (non-hydrogen) atoms. The van der Waals surface area contributed by atoms with E-state index in [4.69, 9.17) is 18.5 Å². The summed E-state index contributed by atoms with van der Waals surface area (Å²) in [5, 5.41) is 0. The Kier molecular flexibility index (Phi) is 30.1. The molecule has 0 fully saturated rings. The predicted octanol–water partition coefficient (Wildman–Crippen LogP) is 9.79. The van der Waals surface area contributed by atoms with Crippen LogP contribution in [-0.2, 0) is 32.7 Å². The fourth-order valence-electron chi connectivity index (χ4n) is 4.73. The summed E-state index contributed by atoms with van der Waals surface area (Å²) in [4.78, 5) is 35.1. The van der Waals surface area contributed by atoms with Crippen LogP contribution in [0.5, 0.6) is 0 Å². The lowest BCUT2D eigenvalue weighted by molar-refractivity contribution is -0.870. The zero-order valence-corrected chi connectivity index (χ0v) is 32.1. The van der Waals surface area contributed by atoms with Crippen molar-refractivity contribution >= 4 is 19.8 Å². The standard InChI is InChI=1S/C38H70NO8P/c1-6-8-10-12-14-16-18-19-21-23-25-27-29-31-38(41)47-36(35-46-48(42,43)45-33-32-39(3,4)5)34-44-37(40)30-28-26-24-22-20-17-15-13-11-9-7-2/h8,10,14,16,19,21,36H,6-7,9,11-13,15,17-18,20,22-35H2,1-5H3/p+1/b10-8-,16-14-,21-19-. The van der Waals surface area contributed by atoms with Crippen LogP contribution < -0.4 is 0 Å². The molecule has 0 aromatic heterocycles. The van der Waals surface area contributed by atoms with Crippen LogP contribution in [0, 0.1) is 0 Å². The molecular formula is C38H71NO8P+. The Morgan fingerprint density at radius 1 is 0.667 bits per heavy atom. The lowest BCUT2D eigenvalue weighted by Gasteiger charge is -2.24. The second-order valence-electron chi connectivity index (χ2n) is 13.6. The highest BCUT2D eigenvalue weighted by Gasteiger charge is 2.27. The summed E-state index contributed by atoms with van der Waals surface area (Å²) in [6, 6.07) is 0. The molecule has 0 aromatic rings. The SMILES string of the molecule is CC/C=C\C/C=C\C/C=C\CCCCCC(=O)OC(COC(=O)CCCCCCCCCCCCC)COP(=O)(O)OCC[N+](C)(C)C. The van der Waals surface area contributed by atoms with E-state index in [0.717, 1.165) is 57.8 Å². The Morgan fingerprint density at radius 3 is 1.77 bits per heavy atom. The molecule has 0 aromatic carbocycles.